The minimum atomic E-state index is -5.64. The second-order valence-corrected chi connectivity index (χ2v) is 5.76. The van der Waals surface area contributed by atoms with Gasteiger partial charge in [0.2, 0.25) is 5.06 Å². The monoisotopic (exact) mass is 415 g/mol. The lowest BCUT2D eigenvalue weighted by molar-refractivity contribution is -0.395. The zero-order valence-corrected chi connectivity index (χ0v) is 14.3. The van der Waals surface area contributed by atoms with Crippen molar-refractivity contribution in [1.82, 2.24) is 9.80 Å². The van der Waals surface area contributed by atoms with Crippen LogP contribution in [0, 0.1) is 23.3 Å². The van der Waals surface area contributed by atoms with E-state index in [1.807, 2.05) is 6.04 Å². The van der Waals surface area contributed by atoms with E-state index in [1.54, 1.807) is 5.92 Å². The summed E-state index contributed by atoms with van der Waals surface area (Å²) >= 11 is -1.36. The number of alkyl halides is 8. The van der Waals surface area contributed by atoms with E-state index in [-0.39, 0.29) is 4.90 Å². The Morgan fingerprint density at radius 3 is 1.96 bits per heavy atom. The highest BCUT2D eigenvalue weighted by atomic mass is 32.2. The fourth-order valence-corrected chi connectivity index (χ4v) is 2.64. The molecule has 0 N–H and O–H groups in total. The molecule has 0 fully saturated rings. The number of likely N-dealkylation sites (N-methyl/N-ethyl adjacent to an activating group) is 2. The van der Waals surface area contributed by atoms with Crippen molar-refractivity contribution in [2.75, 3.05) is 20.6 Å². The van der Waals surface area contributed by atoms with Crippen LogP contribution >= 0.6 is 11.8 Å². The maximum atomic E-state index is 12.9. The molecule has 0 aromatic carbocycles. The summed E-state index contributed by atoms with van der Waals surface area (Å²) in [5.41, 5.74) is -5.33. The van der Waals surface area contributed by atoms with Crippen LogP contribution in [-0.4, -0.2) is 60.2 Å². The predicted octanol–water partition coefficient (Wildman–Crippen LogP) is 3.36. The minimum absolute atomic E-state index is 0.280. The van der Waals surface area contributed by atoms with Crippen LogP contribution in [-0.2, 0) is 9.47 Å². The van der Waals surface area contributed by atoms with Crippen molar-refractivity contribution < 1.29 is 44.6 Å². The molecule has 0 saturated heterocycles. The highest BCUT2D eigenvalue weighted by Crippen LogP contribution is 2.48. The van der Waals surface area contributed by atoms with Gasteiger partial charge in [-0.1, -0.05) is 0 Å². The van der Waals surface area contributed by atoms with Gasteiger partial charge >= 0.3 is 18.5 Å². The topological polar surface area (TPSA) is 48.7 Å². The molecule has 0 heterocycles. The summed E-state index contributed by atoms with van der Waals surface area (Å²) in [4.78, 5) is 0.655. The average Bonchev–Trinajstić information content (AvgIpc) is 2.42. The Morgan fingerprint density at radius 1 is 1.12 bits per heavy atom. The molecule has 5 nitrogen and oxygen atoms in total. The summed E-state index contributed by atoms with van der Waals surface area (Å²) in [6.07, 6.45) is -8.31. The molecule has 0 spiro atoms. The summed E-state index contributed by atoms with van der Waals surface area (Å²) < 4.78 is 110. The molecule has 0 radical (unpaired) electrons. The summed E-state index contributed by atoms with van der Waals surface area (Å²) in [5, 5.41) is 4.86. The lowest BCUT2D eigenvalue weighted by atomic mass is 10.3. The molecular weight excluding hydrogens is 402 g/mol. The van der Waals surface area contributed by atoms with Gasteiger partial charge in [-0.3, -0.25) is 14.4 Å². The first-order chi connectivity index (χ1) is 11.7. The van der Waals surface area contributed by atoms with Crippen molar-refractivity contribution in [3.8, 4) is 18.0 Å². The smallest absolute Gasteiger partial charge is 0.300 e. The van der Waals surface area contributed by atoms with E-state index < -0.39 is 48.1 Å². The fourth-order valence-electron chi connectivity index (χ4n) is 1.71. The Balaban J connectivity index is 6.49. The molecular formula is C12H13F8N3O2S. The SMILES string of the molecule is CCN(C#CC#N)C(OC(F)F)C(OC(F)(F)F)(SC(F)(F)F)N(C)C. The quantitative estimate of drug-likeness (QED) is 0.262. The first-order valence-corrected chi connectivity index (χ1v) is 7.31. The molecule has 0 rings (SSSR count). The van der Waals surface area contributed by atoms with Crippen LogP contribution in [0.15, 0.2) is 0 Å². The van der Waals surface area contributed by atoms with Gasteiger partial charge in [0.05, 0.1) is 0 Å². The Labute approximate surface area is 147 Å². The van der Waals surface area contributed by atoms with Gasteiger partial charge in [-0.05, 0) is 21.0 Å². The van der Waals surface area contributed by atoms with Crippen molar-refractivity contribution in [2.45, 2.75) is 36.7 Å². The van der Waals surface area contributed by atoms with Crippen LogP contribution in [0.5, 0.6) is 0 Å². The van der Waals surface area contributed by atoms with E-state index >= 15 is 0 Å². The summed E-state index contributed by atoms with van der Waals surface area (Å²) in [6.45, 7) is -3.02. The second kappa shape index (κ2) is 9.45. The number of hydrogen-bond acceptors (Lipinski definition) is 6. The summed E-state index contributed by atoms with van der Waals surface area (Å²) in [6, 6.07) is 3.13. The number of ether oxygens (including phenoxy) is 2. The van der Waals surface area contributed by atoms with E-state index in [9.17, 15) is 35.1 Å². The summed E-state index contributed by atoms with van der Waals surface area (Å²) in [5.74, 6) is 1.70. The third-order valence-electron chi connectivity index (χ3n) is 2.57. The maximum Gasteiger partial charge on any atom is 0.525 e. The molecule has 2 atom stereocenters. The number of nitriles is 1. The Kier molecular flexibility index (Phi) is 8.92. The third-order valence-corrected chi connectivity index (χ3v) is 3.74. The third kappa shape index (κ3) is 7.82. The van der Waals surface area contributed by atoms with Gasteiger partial charge in [-0.25, -0.2) is 0 Å². The highest BCUT2D eigenvalue weighted by molar-refractivity contribution is 8.01. The van der Waals surface area contributed by atoms with Crippen molar-refractivity contribution in [3.63, 3.8) is 0 Å². The lowest BCUT2D eigenvalue weighted by Crippen LogP contribution is -2.63. The van der Waals surface area contributed by atoms with E-state index in [2.05, 4.69) is 9.47 Å². The molecule has 0 aromatic heterocycles. The normalized spacial score (nSPS) is 15.8. The zero-order valence-electron chi connectivity index (χ0n) is 13.5. The van der Waals surface area contributed by atoms with E-state index in [0.29, 0.717) is 4.90 Å². The van der Waals surface area contributed by atoms with Gasteiger partial charge in [0, 0.05) is 30.3 Å². The number of rotatable bonds is 8. The Morgan fingerprint density at radius 2 is 1.65 bits per heavy atom. The first kappa shape index (κ1) is 24.5. The number of nitrogens with zero attached hydrogens (tertiary/aromatic N) is 3. The standard InChI is InChI=1S/C12H13F8N3O2S/c1-4-23(7-5-6-21)8(24-9(13)14)10(22(2)3,25-11(15,16)17)26-12(18,19)20/h8-9H,4H2,1-3H3. The van der Waals surface area contributed by atoms with Crippen LogP contribution in [0.4, 0.5) is 35.1 Å². The zero-order chi connectivity index (χ0) is 20.8. The molecule has 0 bridgehead atoms. The molecule has 0 saturated carbocycles. The fraction of sp³-hybridized carbons (Fsp3) is 0.750. The van der Waals surface area contributed by atoms with E-state index in [4.69, 9.17) is 5.26 Å². The molecule has 0 aromatic rings. The average molecular weight is 415 g/mol. The molecule has 150 valence electrons. The predicted molar refractivity (Wildman–Crippen MR) is 73.9 cm³/mol. The van der Waals surface area contributed by atoms with Gasteiger partial charge in [0.1, 0.15) is 0 Å². The van der Waals surface area contributed by atoms with Gasteiger partial charge in [0.25, 0.3) is 0 Å². The van der Waals surface area contributed by atoms with E-state index in [1.165, 1.54) is 13.0 Å². The summed E-state index contributed by atoms with van der Waals surface area (Å²) in [7, 11) is 1.50. The maximum absolute atomic E-state index is 12.9. The molecule has 0 aliphatic heterocycles. The van der Waals surface area contributed by atoms with Crippen LogP contribution < -0.4 is 0 Å². The van der Waals surface area contributed by atoms with Gasteiger partial charge in [-0.2, -0.15) is 27.2 Å². The minimum Gasteiger partial charge on any atom is -0.300 e. The Hall–Kier alpha value is -1.48. The van der Waals surface area contributed by atoms with Gasteiger partial charge < -0.3 is 4.90 Å². The van der Waals surface area contributed by atoms with Crippen LogP contribution in [0.1, 0.15) is 6.92 Å². The molecule has 14 heteroatoms. The molecule has 0 aliphatic rings. The first-order valence-electron chi connectivity index (χ1n) is 6.49. The van der Waals surface area contributed by atoms with Crippen LogP contribution in [0.25, 0.3) is 0 Å². The van der Waals surface area contributed by atoms with Gasteiger partial charge in [0.15, 0.2) is 12.3 Å². The molecule has 2 unspecified atom stereocenters. The van der Waals surface area contributed by atoms with Crippen molar-refractivity contribution in [3.05, 3.63) is 0 Å². The second-order valence-electron chi connectivity index (χ2n) is 4.50. The highest BCUT2D eigenvalue weighted by Gasteiger charge is 2.60. The molecule has 0 aliphatic carbocycles. The van der Waals surface area contributed by atoms with Gasteiger partial charge in [-0.15, -0.1) is 13.2 Å². The van der Waals surface area contributed by atoms with Crippen LogP contribution in [0.2, 0.25) is 0 Å². The largest absolute Gasteiger partial charge is 0.525 e. The van der Waals surface area contributed by atoms with E-state index in [0.717, 1.165) is 14.1 Å². The Bertz CT molecular complexity index is 534. The number of hydrogen-bond donors (Lipinski definition) is 0. The van der Waals surface area contributed by atoms with Crippen molar-refractivity contribution >= 4 is 11.8 Å². The van der Waals surface area contributed by atoms with Crippen molar-refractivity contribution in [2.24, 2.45) is 0 Å². The van der Waals surface area contributed by atoms with Crippen molar-refractivity contribution in [1.29, 1.82) is 5.26 Å². The molecule has 26 heavy (non-hydrogen) atoms. The lowest BCUT2D eigenvalue weighted by Gasteiger charge is -2.46. The van der Waals surface area contributed by atoms with Crippen LogP contribution in [0.3, 0.4) is 0 Å². The number of halogens is 8. The molecule has 0 amide bonds. The number of thioether (sulfide) groups is 1.